The molecule has 1 heteroatoms. The second kappa shape index (κ2) is 4.97. The molecule has 0 aliphatic heterocycles. The normalized spacial score (nSPS) is 14.3. The van der Waals surface area contributed by atoms with Crippen LogP contribution in [0.3, 0.4) is 0 Å². The quantitative estimate of drug-likeness (QED) is 0.664. The molecule has 0 spiro atoms. The van der Waals surface area contributed by atoms with Gasteiger partial charge in [0.15, 0.2) is 0 Å². The monoisotopic (exact) mass is 197 g/mol. The predicted molar refractivity (Wildman–Crippen MR) is 65.5 cm³/mol. The number of hydrogen-bond acceptors (Lipinski definition) is 1. The third-order valence-corrected chi connectivity index (χ3v) is 2.53. The van der Waals surface area contributed by atoms with Gasteiger partial charge in [-0.3, -0.25) is 0 Å². The third-order valence-electron chi connectivity index (χ3n) is 2.53. The molecule has 1 N–H and O–H groups in total. The first kappa shape index (κ1) is 13.7. The van der Waals surface area contributed by atoms with E-state index in [0.717, 1.165) is 5.92 Å². The van der Waals surface area contributed by atoms with Crippen molar-refractivity contribution in [1.82, 2.24) is 5.32 Å². The lowest BCUT2D eigenvalue weighted by molar-refractivity contribution is 0.362. The minimum Gasteiger partial charge on any atom is -0.311 e. The zero-order valence-electron chi connectivity index (χ0n) is 10.9. The van der Waals surface area contributed by atoms with Crippen molar-refractivity contribution in [2.75, 3.05) is 7.05 Å². The molecule has 84 valence electrons. The van der Waals surface area contributed by atoms with E-state index in [9.17, 15) is 0 Å². The number of nitrogens with one attached hydrogen (secondary N) is 1. The summed E-state index contributed by atoms with van der Waals surface area (Å²) < 4.78 is 0. The van der Waals surface area contributed by atoms with Gasteiger partial charge >= 0.3 is 0 Å². The van der Waals surface area contributed by atoms with Crippen LogP contribution < -0.4 is 5.32 Å². The molecule has 14 heavy (non-hydrogen) atoms. The van der Waals surface area contributed by atoms with Crippen LogP contribution in [-0.2, 0) is 0 Å². The van der Waals surface area contributed by atoms with Crippen molar-refractivity contribution in [2.45, 2.75) is 53.5 Å². The van der Waals surface area contributed by atoms with E-state index in [1.54, 1.807) is 0 Å². The van der Waals surface area contributed by atoms with Crippen LogP contribution in [0.2, 0.25) is 0 Å². The van der Waals surface area contributed by atoms with E-state index in [1.807, 2.05) is 7.05 Å². The van der Waals surface area contributed by atoms with Crippen molar-refractivity contribution < 1.29 is 0 Å². The number of allylic oxidation sites excluding steroid dienone is 1. The Kier molecular flexibility index (Phi) is 4.87. The molecule has 0 unspecified atom stereocenters. The fraction of sp³-hybridized carbons (Fsp3) is 0.846. The molecule has 0 aromatic carbocycles. The van der Waals surface area contributed by atoms with Gasteiger partial charge in [0.1, 0.15) is 0 Å². The summed E-state index contributed by atoms with van der Waals surface area (Å²) in [5, 5.41) is 3.28. The van der Waals surface area contributed by atoms with Crippen molar-refractivity contribution in [3.05, 3.63) is 12.2 Å². The van der Waals surface area contributed by atoms with Crippen molar-refractivity contribution >= 4 is 0 Å². The fourth-order valence-electron chi connectivity index (χ4n) is 1.64. The standard InChI is InChI=1S/C13H27N/c1-11(2)10-12(3,4)8-9-13(5,6)14-7/h8-9,11,14H,10H2,1-7H3. The first-order valence-electron chi connectivity index (χ1n) is 5.58. The Bertz CT molecular complexity index is 187. The zero-order valence-corrected chi connectivity index (χ0v) is 10.9. The lowest BCUT2D eigenvalue weighted by Gasteiger charge is -2.26. The molecule has 0 atom stereocenters. The maximum Gasteiger partial charge on any atom is 0.0304 e. The van der Waals surface area contributed by atoms with E-state index in [-0.39, 0.29) is 5.54 Å². The van der Waals surface area contributed by atoms with Gasteiger partial charge < -0.3 is 5.32 Å². The number of likely N-dealkylation sites (N-methyl/N-ethyl adjacent to an activating group) is 1. The van der Waals surface area contributed by atoms with E-state index < -0.39 is 0 Å². The Morgan fingerprint density at radius 1 is 1.07 bits per heavy atom. The summed E-state index contributed by atoms with van der Waals surface area (Å²) in [5.74, 6) is 0.757. The molecule has 0 bridgehead atoms. The lowest BCUT2D eigenvalue weighted by atomic mass is 9.82. The van der Waals surface area contributed by atoms with Gasteiger partial charge in [0.2, 0.25) is 0 Å². The SMILES string of the molecule is CNC(C)(C)C=CC(C)(C)CC(C)C. The smallest absolute Gasteiger partial charge is 0.0304 e. The van der Waals surface area contributed by atoms with Crippen molar-refractivity contribution in [3.8, 4) is 0 Å². The molecule has 0 fully saturated rings. The lowest BCUT2D eigenvalue weighted by Crippen LogP contribution is -2.34. The van der Waals surface area contributed by atoms with Gasteiger partial charge in [-0.2, -0.15) is 0 Å². The van der Waals surface area contributed by atoms with E-state index >= 15 is 0 Å². The zero-order chi connectivity index (χ0) is 11.4. The molecule has 0 heterocycles. The highest BCUT2D eigenvalue weighted by atomic mass is 14.9. The van der Waals surface area contributed by atoms with Gasteiger partial charge in [0, 0.05) is 5.54 Å². The maximum absolute atomic E-state index is 3.28. The molecule has 0 aromatic heterocycles. The molecule has 0 aromatic rings. The van der Waals surface area contributed by atoms with Gasteiger partial charge in [0.25, 0.3) is 0 Å². The minimum absolute atomic E-state index is 0.105. The van der Waals surface area contributed by atoms with E-state index in [0.29, 0.717) is 5.41 Å². The van der Waals surface area contributed by atoms with Gasteiger partial charge in [-0.25, -0.2) is 0 Å². The van der Waals surface area contributed by atoms with Crippen molar-refractivity contribution in [3.63, 3.8) is 0 Å². The molecule has 0 aliphatic rings. The summed E-state index contributed by atoms with van der Waals surface area (Å²) in [7, 11) is 2.00. The third kappa shape index (κ3) is 6.20. The van der Waals surface area contributed by atoms with Gasteiger partial charge in [-0.15, -0.1) is 0 Å². The largest absolute Gasteiger partial charge is 0.311 e. The molecule has 1 nitrogen and oxygen atoms in total. The Labute approximate surface area is 90.0 Å². The van der Waals surface area contributed by atoms with Gasteiger partial charge in [0.05, 0.1) is 0 Å². The molecule has 0 radical (unpaired) electrons. The highest BCUT2D eigenvalue weighted by Crippen LogP contribution is 2.27. The average Bonchev–Trinajstić information content (AvgIpc) is 1.99. The van der Waals surface area contributed by atoms with Crippen LogP contribution in [0.25, 0.3) is 0 Å². The van der Waals surface area contributed by atoms with E-state index in [1.165, 1.54) is 6.42 Å². The summed E-state index contributed by atoms with van der Waals surface area (Å²) in [6, 6.07) is 0. The second-order valence-electron chi connectivity index (χ2n) is 5.89. The first-order valence-corrected chi connectivity index (χ1v) is 5.58. The minimum atomic E-state index is 0.105. The van der Waals surface area contributed by atoms with Crippen LogP contribution in [0.15, 0.2) is 12.2 Å². The topological polar surface area (TPSA) is 12.0 Å². The number of rotatable bonds is 5. The van der Waals surface area contributed by atoms with Crippen LogP contribution in [0.5, 0.6) is 0 Å². The summed E-state index contributed by atoms with van der Waals surface area (Å²) in [6.45, 7) is 13.5. The molecule has 0 rings (SSSR count). The highest BCUT2D eigenvalue weighted by Gasteiger charge is 2.18. The van der Waals surface area contributed by atoms with Crippen LogP contribution in [0.4, 0.5) is 0 Å². The summed E-state index contributed by atoms with van der Waals surface area (Å²) in [4.78, 5) is 0. The van der Waals surface area contributed by atoms with Crippen molar-refractivity contribution in [2.24, 2.45) is 11.3 Å². The average molecular weight is 197 g/mol. The second-order valence-corrected chi connectivity index (χ2v) is 5.89. The Balaban J connectivity index is 4.34. The molecular formula is C13H27N. The fourth-order valence-corrected chi connectivity index (χ4v) is 1.64. The Morgan fingerprint density at radius 2 is 1.57 bits per heavy atom. The van der Waals surface area contributed by atoms with Crippen LogP contribution in [-0.4, -0.2) is 12.6 Å². The predicted octanol–water partition coefficient (Wildman–Crippen LogP) is 3.61. The highest BCUT2D eigenvalue weighted by molar-refractivity contribution is 5.05. The van der Waals surface area contributed by atoms with Gasteiger partial charge in [-0.1, -0.05) is 39.8 Å². The molecule has 0 saturated carbocycles. The summed E-state index contributed by atoms with van der Waals surface area (Å²) in [5.41, 5.74) is 0.413. The first-order chi connectivity index (χ1) is 6.18. The van der Waals surface area contributed by atoms with Crippen LogP contribution in [0.1, 0.15) is 48.0 Å². The van der Waals surface area contributed by atoms with Crippen LogP contribution in [0, 0.1) is 11.3 Å². The molecule has 0 aliphatic carbocycles. The van der Waals surface area contributed by atoms with E-state index in [4.69, 9.17) is 0 Å². The Hall–Kier alpha value is -0.300. The van der Waals surface area contributed by atoms with Crippen molar-refractivity contribution in [1.29, 1.82) is 0 Å². The molecule has 0 saturated heterocycles. The summed E-state index contributed by atoms with van der Waals surface area (Å²) in [6.07, 6.45) is 5.85. The van der Waals surface area contributed by atoms with Gasteiger partial charge in [-0.05, 0) is 38.6 Å². The maximum atomic E-state index is 3.28. The summed E-state index contributed by atoms with van der Waals surface area (Å²) >= 11 is 0. The molecule has 0 amide bonds. The number of hydrogen-bond donors (Lipinski definition) is 1. The van der Waals surface area contributed by atoms with Crippen LogP contribution >= 0.6 is 0 Å². The Morgan fingerprint density at radius 3 is 1.93 bits per heavy atom. The molecular weight excluding hydrogens is 170 g/mol. The van der Waals surface area contributed by atoms with E-state index in [2.05, 4.69) is 59.0 Å².